The first-order valence-electron chi connectivity index (χ1n) is 8.71. The number of nitrogens with two attached hydrogens (primary N) is 1. The molecule has 8 nitrogen and oxygen atoms in total. The molecule has 0 saturated carbocycles. The molecule has 3 rings (SSSR count). The zero-order valence-electron chi connectivity index (χ0n) is 14.4. The van der Waals surface area contributed by atoms with Crippen LogP contribution in [0.4, 0.5) is 0 Å². The predicted octanol–water partition coefficient (Wildman–Crippen LogP) is -0.261. The smallest absolute Gasteiger partial charge is 0.261 e. The van der Waals surface area contributed by atoms with Gasteiger partial charge in [0.15, 0.2) is 0 Å². The fourth-order valence-corrected chi connectivity index (χ4v) is 3.41. The average Bonchev–Trinajstić information content (AvgIpc) is 2.86. The number of hydrogen-bond donors (Lipinski definition) is 2. The third-order valence-corrected chi connectivity index (χ3v) is 4.77. The standard InChI is InChI=1S/C18H22N4O4/c19-15(23)11-21-8-5-12(6-9-21)20-16(24)7-10-22-17(25)13-3-1-2-4-14(13)18(22)26/h1-4,12H,5-11H2,(H2,19,23)(H,20,24). The van der Waals surface area contributed by atoms with Gasteiger partial charge in [-0.3, -0.25) is 29.0 Å². The lowest BCUT2D eigenvalue weighted by atomic mass is 10.0. The molecule has 1 fully saturated rings. The average molecular weight is 358 g/mol. The van der Waals surface area contributed by atoms with Gasteiger partial charge < -0.3 is 11.1 Å². The molecule has 8 heteroatoms. The van der Waals surface area contributed by atoms with Gasteiger partial charge in [-0.25, -0.2) is 0 Å². The Morgan fingerprint density at radius 1 is 1.08 bits per heavy atom. The first kappa shape index (κ1) is 18.1. The SMILES string of the molecule is NC(=O)CN1CCC(NC(=O)CCN2C(=O)c3ccccc3C2=O)CC1. The highest BCUT2D eigenvalue weighted by Crippen LogP contribution is 2.22. The van der Waals surface area contributed by atoms with Gasteiger partial charge in [0.25, 0.3) is 11.8 Å². The van der Waals surface area contributed by atoms with Crippen LogP contribution in [0.1, 0.15) is 40.0 Å². The number of nitrogens with one attached hydrogen (secondary N) is 1. The first-order valence-corrected chi connectivity index (χ1v) is 8.71. The largest absolute Gasteiger partial charge is 0.369 e. The van der Waals surface area contributed by atoms with Crippen molar-refractivity contribution in [2.45, 2.75) is 25.3 Å². The molecule has 0 aliphatic carbocycles. The summed E-state index contributed by atoms with van der Waals surface area (Å²) in [7, 11) is 0. The number of likely N-dealkylation sites (tertiary alicyclic amines) is 1. The molecule has 0 radical (unpaired) electrons. The summed E-state index contributed by atoms with van der Waals surface area (Å²) in [6.07, 6.45) is 1.56. The van der Waals surface area contributed by atoms with Gasteiger partial charge in [0.1, 0.15) is 0 Å². The van der Waals surface area contributed by atoms with Gasteiger partial charge in [-0.1, -0.05) is 12.1 Å². The second-order valence-electron chi connectivity index (χ2n) is 6.64. The molecule has 1 saturated heterocycles. The van der Waals surface area contributed by atoms with Crippen molar-refractivity contribution in [2.24, 2.45) is 5.73 Å². The van der Waals surface area contributed by atoms with Crippen molar-refractivity contribution < 1.29 is 19.2 Å². The number of rotatable bonds is 6. The zero-order valence-corrected chi connectivity index (χ0v) is 14.4. The number of fused-ring (bicyclic) bond motifs is 1. The van der Waals surface area contributed by atoms with Crippen LogP contribution in [0, 0.1) is 0 Å². The van der Waals surface area contributed by atoms with Crippen molar-refractivity contribution in [1.82, 2.24) is 15.1 Å². The molecule has 2 heterocycles. The minimum absolute atomic E-state index is 0.0359. The molecule has 0 atom stereocenters. The van der Waals surface area contributed by atoms with E-state index >= 15 is 0 Å². The zero-order chi connectivity index (χ0) is 18.7. The van der Waals surface area contributed by atoms with E-state index in [-0.39, 0.29) is 49.2 Å². The first-order chi connectivity index (χ1) is 12.5. The minimum atomic E-state index is -0.353. The van der Waals surface area contributed by atoms with Gasteiger partial charge in [-0.2, -0.15) is 0 Å². The topological polar surface area (TPSA) is 113 Å². The number of carbonyl (C=O) groups excluding carboxylic acids is 4. The molecule has 2 aliphatic rings. The number of hydrogen-bond acceptors (Lipinski definition) is 5. The number of carbonyl (C=O) groups is 4. The Bertz CT molecular complexity index is 705. The number of imide groups is 1. The molecule has 2 aliphatic heterocycles. The van der Waals surface area contributed by atoms with Gasteiger partial charge >= 0.3 is 0 Å². The number of primary amides is 1. The summed E-state index contributed by atoms with van der Waals surface area (Å²) in [6.45, 7) is 1.71. The summed E-state index contributed by atoms with van der Waals surface area (Å²) in [5.41, 5.74) is 5.96. The molecule has 26 heavy (non-hydrogen) atoms. The Morgan fingerprint density at radius 3 is 2.19 bits per heavy atom. The van der Waals surface area contributed by atoms with Crippen LogP contribution >= 0.6 is 0 Å². The van der Waals surface area contributed by atoms with Gasteiger partial charge in [0.2, 0.25) is 11.8 Å². The van der Waals surface area contributed by atoms with Crippen LogP contribution in [0.15, 0.2) is 24.3 Å². The molecule has 0 bridgehead atoms. The van der Waals surface area contributed by atoms with Crippen molar-refractivity contribution >= 4 is 23.6 Å². The summed E-state index contributed by atoms with van der Waals surface area (Å²) in [4.78, 5) is 50.7. The third-order valence-electron chi connectivity index (χ3n) is 4.77. The van der Waals surface area contributed by atoms with Crippen molar-refractivity contribution in [2.75, 3.05) is 26.2 Å². The maximum absolute atomic E-state index is 12.3. The number of nitrogens with zero attached hydrogens (tertiary/aromatic N) is 2. The molecular formula is C18H22N4O4. The summed E-state index contributed by atoms with van der Waals surface area (Å²) in [5, 5.41) is 2.94. The van der Waals surface area contributed by atoms with Gasteiger partial charge in [-0.15, -0.1) is 0 Å². The maximum Gasteiger partial charge on any atom is 0.261 e. The monoisotopic (exact) mass is 358 g/mol. The van der Waals surface area contributed by atoms with Gasteiger partial charge in [-0.05, 0) is 25.0 Å². The molecule has 4 amide bonds. The van der Waals surface area contributed by atoms with E-state index in [2.05, 4.69) is 5.32 Å². The molecule has 0 aromatic heterocycles. The lowest BCUT2D eigenvalue weighted by molar-refractivity contribution is -0.123. The maximum atomic E-state index is 12.3. The van der Waals surface area contributed by atoms with Crippen molar-refractivity contribution in [1.29, 1.82) is 0 Å². The molecule has 3 N–H and O–H groups in total. The van der Waals surface area contributed by atoms with E-state index in [4.69, 9.17) is 5.73 Å². The minimum Gasteiger partial charge on any atom is -0.369 e. The normalized spacial score (nSPS) is 18.1. The van der Waals surface area contributed by atoms with Crippen LogP contribution in [-0.4, -0.2) is 65.6 Å². The van der Waals surface area contributed by atoms with Crippen LogP contribution in [0.5, 0.6) is 0 Å². The molecule has 1 aromatic carbocycles. The Balaban J connectivity index is 1.45. The second kappa shape index (κ2) is 7.65. The number of benzene rings is 1. The summed E-state index contributed by atoms with van der Waals surface area (Å²) in [5.74, 6) is -1.24. The highest BCUT2D eigenvalue weighted by molar-refractivity contribution is 6.21. The highest BCUT2D eigenvalue weighted by atomic mass is 16.2. The van der Waals surface area contributed by atoms with Crippen molar-refractivity contribution in [3.8, 4) is 0 Å². The third kappa shape index (κ3) is 3.91. The molecule has 1 aromatic rings. The van der Waals surface area contributed by atoms with Crippen molar-refractivity contribution in [3.05, 3.63) is 35.4 Å². The molecule has 0 unspecified atom stereocenters. The Kier molecular flexibility index (Phi) is 5.32. The molecule has 0 spiro atoms. The fraction of sp³-hybridized carbons (Fsp3) is 0.444. The summed E-state index contributed by atoms with van der Waals surface area (Å²) < 4.78 is 0. The number of amides is 4. The Hall–Kier alpha value is -2.74. The Labute approximate surface area is 151 Å². The Morgan fingerprint density at radius 2 is 1.65 bits per heavy atom. The summed E-state index contributed by atoms with van der Waals surface area (Å²) >= 11 is 0. The highest BCUT2D eigenvalue weighted by Gasteiger charge is 2.35. The van der Waals surface area contributed by atoms with Crippen LogP contribution < -0.4 is 11.1 Å². The van der Waals surface area contributed by atoms with E-state index in [0.717, 1.165) is 17.7 Å². The van der Waals surface area contributed by atoms with E-state index in [1.165, 1.54) is 0 Å². The van der Waals surface area contributed by atoms with E-state index in [0.29, 0.717) is 24.2 Å². The number of piperidine rings is 1. The van der Waals surface area contributed by atoms with Crippen molar-refractivity contribution in [3.63, 3.8) is 0 Å². The lowest BCUT2D eigenvalue weighted by Crippen LogP contribution is -2.47. The van der Waals surface area contributed by atoms with E-state index in [1.54, 1.807) is 24.3 Å². The van der Waals surface area contributed by atoms with Crippen LogP contribution in [0.3, 0.4) is 0 Å². The fourth-order valence-electron chi connectivity index (χ4n) is 3.41. The second-order valence-corrected chi connectivity index (χ2v) is 6.64. The predicted molar refractivity (Wildman–Crippen MR) is 93.2 cm³/mol. The van der Waals surface area contributed by atoms with Crippen LogP contribution in [-0.2, 0) is 9.59 Å². The summed E-state index contributed by atoms with van der Waals surface area (Å²) in [6, 6.07) is 6.70. The lowest BCUT2D eigenvalue weighted by Gasteiger charge is -2.31. The van der Waals surface area contributed by atoms with E-state index < -0.39 is 0 Å². The van der Waals surface area contributed by atoms with E-state index in [1.807, 2.05) is 4.90 Å². The van der Waals surface area contributed by atoms with Crippen LogP contribution in [0.25, 0.3) is 0 Å². The van der Waals surface area contributed by atoms with Gasteiger partial charge in [0.05, 0.1) is 17.7 Å². The van der Waals surface area contributed by atoms with E-state index in [9.17, 15) is 19.2 Å². The molecule has 138 valence electrons. The van der Waals surface area contributed by atoms with Gasteiger partial charge in [0, 0.05) is 32.1 Å². The molecular weight excluding hydrogens is 336 g/mol. The van der Waals surface area contributed by atoms with Crippen LogP contribution in [0.2, 0.25) is 0 Å². The quantitative estimate of drug-likeness (QED) is 0.680.